The van der Waals surface area contributed by atoms with Crippen molar-refractivity contribution in [3.05, 3.63) is 77.5 Å². The number of pyridine rings is 1. The molecule has 6 heteroatoms. The second kappa shape index (κ2) is 7.19. The van der Waals surface area contributed by atoms with Gasteiger partial charge in [-0.3, -0.25) is 4.98 Å². The van der Waals surface area contributed by atoms with Crippen LogP contribution < -0.4 is 10.1 Å². The number of ether oxygens (including phenoxy) is 1. The highest BCUT2D eigenvalue weighted by Gasteiger charge is 2.30. The third-order valence-electron chi connectivity index (χ3n) is 5.00. The van der Waals surface area contributed by atoms with E-state index in [1.165, 1.54) is 17.7 Å². The highest BCUT2D eigenvalue weighted by molar-refractivity contribution is 5.64. The summed E-state index contributed by atoms with van der Waals surface area (Å²) in [6.45, 7) is 0. The standard InChI is InChI=1S/C22H19F3N2O/c1-28-17-8-4-15(5-9-17)19-11-13-20-21(27-19)12-10-18(26-20)14-2-6-16(7-3-14)22(23,24)25/h2-10,12,19,27H,11,13H2,1H3/t19-/m0/s1. The Morgan fingerprint density at radius 2 is 1.68 bits per heavy atom. The maximum atomic E-state index is 12.7. The number of methoxy groups -OCH3 is 1. The van der Waals surface area contributed by atoms with Gasteiger partial charge in [-0.2, -0.15) is 13.2 Å². The Hall–Kier alpha value is -3.02. The van der Waals surface area contributed by atoms with Crippen LogP contribution in [0.15, 0.2) is 60.7 Å². The average molecular weight is 384 g/mol. The zero-order valence-electron chi connectivity index (χ0n) is 15.3. The van der Waals surface area contributed by atoms with Crippen LogP contribution in [-0.4, -0.2) is 12.1 Å². The zero-order chi connectivity index (χ0) is 19.7. The first kappa shape index (κ1) is 18.3. The van der Waals surface area contributed by atoms with Gasteiger partial charge in [0.25, 0.3) is 0 Å². The smallest absolute Gasteiger partial charge is 0.416 e. The van der Waals surface area contributed by atoms with Gasteiger partial charge in [0, 0.05) is 5.56 Å². The molecule has 3 aromatic rings. The molecule has 0 spiro atoms. The summed E-state index contributed by atoms with van der Waals surface area (Å²) in [6.07, 6.45) is -2.64. The Kier molecular flexibility index (Phi) is 4.71. The molecule has 1 aliphatic rings. The maximum absolute atomic E-state index is 12.7. The van der Waals surface area contributed by atoms with Gasteiger partial charge in [0.15, 0.2) is 0 Å². The maximum Gasteiger partial charge on any atom is 0.416 e. The van der Waals surface area contributed by atoms with E-state index in [2.05, 4.69) is 10.3 Å². The Morgan fingerprint density at radius 1 is 0.964 bits per heavy atom. The molecule has 28 heavy (non-hydrogen) atoms. The summed E-state index contributed by atoms with van der Waals surface area (Å²) in [7, 11) is 1.64. The number of halogens is 3. The Bertz CT molecular complexity index is 967. The lowest BCUT2D eigenvalue weighted by Crippen LogP contribution is -2.19. The molecule has 144 valence electrons. The van der Waals surface area contributed by atoms with E-state index in [-0.39, 0.29) is 6.04 Å². The van der Waals surface area contributed by atoms with Crippen LogP contribution >= 0.6 is 0 Å². The Morgan fingerprint density at radius 3 is 2.32 bits per heavy atom. The van der Waals surface area contributed by atoms with Gasteiger partial charge in [0.05, 0.1) is 35.8 Å². The summed E-state index contributed by atoms with van der Waals surface area (Å²) in [5.41, 5.74) is 3.77. The average Bonchev–Trinajstić information content (AvgIpc) is 2.72. The number of nitrogens with zero attached hydrogens (tertiary/aromatic N) is 1. The number of alkyl halides is 3. The predicted molar refractivity (Wildman–Crippen MR) is 102 cm³/mol. The van der Waals surface area contributed by atoms with Crippen molar-refractivity contribution in [1.82, 2.24) is 4.98 Å². The van der Waals surface area contributed by atoms with Crippen LogP contribution in [0.5, 0.6) is 5.75 Å². The third kappa shape index (κ3) is 3.67. The van der Waals surface area contributed by atoms with Crippen LogP contribution in [0.3, 0.4) is 0 Å². The van der Waals surface area contributed by atoms with Crippen molar-refractivity contribution in [2.45, 2.75) is 25.1 Å². The third-order valence-corrected chi connectivity index (χ3v) is 5.00. The SMILES string of the molecule is COc1ccc([C@@H]2CCc3nc(-c4ccc(C(F)(F)F)cc4)ccc3N2)cc1. The van der Waals surface area contributed by atoms with Gasteiger partial charge >= 0.3 is 6.18 Å². The minimum absolute atomic E-state index is 0.192. The Labute approximate surface area is 161 Å². The van der Waals surface area contributed by atoms with Crippen LogP contribution in [0.25, 0.3) is 11.3 Å². The lowest BCUT2D eigenvalue weighted by Gasteiger charge is -2.27. The molecule has 1 N–H and O–H groups in total. The summed E-state index contributed by atoms with van der Waals surface area (Å²) in [5.74, 6) is 0.822. The number of hydrogen-bond acceptors (Lipinski definition) is 3. The second-order valence-electron chi connectivity index (χ2n) is 6.77. The molecule has 1 aliphatic heterocycles. The monoisotopic (exact) mass is 384 g/mol. The molecular formula is C22H19F3N2O. The van der Waals surface area contributed by atoms with E-state index in [1.807, 2.05) is 36.4 Å². The molecule has 2 heterocycles. The van der Waals surface area contributed by atoms with Gasteiger partial charge in [-0.15, -0.1) is 0 Å². The molecule has 0 unspecified atom stereocenters. The summed E-state index contributed by atoms with van der Waals surface area (Å²) in [4.78, 5) is 4.67. The molecular weight excluding hydrogens is 365 g/mol. The van der Waals surface area contributed by atoms with E-state index in [1.54, 1.807) is 7.11 Å². The summed E-state index contributed by atoms with van der Waals surface area (Å²) in [5, 5.41) is 3.51. The van der Waals surface area contributed by atoms with Crippen molar-refractivity contribution in [3.63, 3.8) is 0 Å². The fraction of sp³-hybridized carbons (Fsp3) is 0.227. The molecule has 0 saturated heterocycles. The van der Waals surface area contributed by atoms with Crippen molar-refractivity contribution >= 4 is 5.69 Å². The van der Waals surface area contributed by atoms with Gasteiger partial charge in [-0.25, -0.2) is 0 Å². The number of aryl methyl sites for hydroxylation is 1. The summed E-state index contributed by atoms with van der Waals surface area (Å²) in [6, 6.07) is 17.1. The van der Waals surface area contributed by atoms with E-state index in [0.717, 1.165) is 42.1 Å². The van der Waals surface area contributed by atoms with Crippen LogP contribution in [0.2, 0.25) is 0 Å². The minimum Gasteiger partial charge on any atom is -0.497 e. The van der Waals surface area contributed by atoms with Gasteiger partial charge < -0.3 is 10.1 Å². The molecule has 0 saturated carbocycles. The molecule has 0 amide bonds. The largest absolute Gasteiger partial charge is 0.497 e. The summed E-state index contributed by atoms with van der Waals surface area (Å²) < 4.78 is 43.4. The van der Waals surface area contributed by atoms with Crippen molar-refractivity contribution < 1.29 is 17.9 Å². The van der Waals surface area contributed by atoms with Crippen molar-refractivity contribution in [3.8, 4) is 17.0 Å². The van der Waals surface area contributed by atoms with Crippen LogP contribution in [0.4, 0.5) is 18.9 Å². The van der Waals surface area contributed by atoms with E-state index >= 15 is 0 Å². The van der Waals surface area contributed by atoms with Crippen LogP contribution in [-0.2, 0) is 12.6 Å². The lowest BCUT2D eigenvalue weighted by atomic mass is 9.95. The van der Waals surface area contributed by atoms with E-state index < -0.39 is 11.7 Å². The number of rotatable bonds is 3. The van der Waals surface area contributed by atoms with Gasteiger partial charge in [-0.1, -0.05) is 24.3 Å². The minimum atomic E-state index is -4.33. The van der Waals surface area contributed by atoms with Gasteiger partial charge in [0.2, 0.25) is 0 Å². The predicted octanol–water partition coefficient (Wildman–Crippen LogP) is 5.88. The first-order chi connectivity index (χ1) is 13.4. The number of aromatic nitrogens is 1. The Balaban J connectivity index is 1.54. The number of fused-ring (bicyclic) bond motifs is 1. The van der Waals surface area contributed by atoms with Gasteiger partial charge in [-0.05, 0) is 54.8 Å². The van der Waals surface area contributed by atoms with Gasteiger partial charge in [0.1, 0.15) is 5.75 Å². The van der Waals surface area contributed by atoms with E-state index in [4.69, 9.17) is 4.74 Å². The number of anilines is 1. The molecule has 3 nitrogen and oxygen atoms in total. The number of nitrogens with one attached hydrogen (secondary N) is 1. The molecule has 0 radical (unpaired) electrons. The summed E-state index contributed by atoms with van der Waals surface area (Å²) >= 11 is 0. The van der Waals surface area contributed by atoms with Crippen molar-refractivity contribution in [1.29, 1.82) is 0 Å². The molecule has 4 rings (SSSR count). The van der Waals surface area contributed by atoms with Crippen molar-refractivity contribution in [2.24, 2.45) is 0 Å². The van der Waals surface area contributed by atoms with E-state index in [0.29, 0.717) is 11.3 Å². The molecule has 0 bridgehead atoms. The second-order valence-corrected chi connectivity index (χ2v) is 6.77. The molecule has 1 atom stereocenters. The number of hydrogen-bond donors (Lipinski definition) is 1. The van der Waals surface area contributed by atoms with Crippen molar-refractivity contribution in [2.75, 3.05) is 12.4 Å². The molecule has 0 fully saturated rings. The molecule has 2 aromatic carbocycles. The van der Waals surface area contributed by atoms with Crippen LogP contribution in [0.1, 0.15) is 29.3 Å². The first-order valence-corrected chi connectivity index (χ1v) is 9.02. The quantitative estimate of drug-likeness (QED) is 0.613. The van der Waals surface area contributed by atoms with E-state index in [9.17, 15) is 13.2 Å². The zero-order valence-corrected chi connectivity index (χ0v) is 15.3. The fourth-order valence-corrected chi connectivity index (χ4v) is 3.44. The topological polar surface area (TPSA) is 34.1 Å². The molecule has 1 aromatic heterocycles. The van der Waals surface area contributed by atoms with Crippen LogP contribution in [0, 0.1) is 0 Å². The fourth-order valence-electron chi connectivity index (χ4n) is 3.44. The number of benzene rings is 2. The lowest BCUT2D eigenvalue weighted by molar-refractivity contribution is -0.137. The molecule has 0 aliphatic carbocycles. The highest BCUT2D eigenvalue weighted by Crippen LogP contribution is 2.35. The highest BCUT2D eigenvalue weighted by atomic mass is 19.4. The normalized spacial score (nSPS) is 16.2. The first-order valence-electron chi connectivity index (χ1n) is 9.02.